The molecule has 3 unspecified atom stereocenters. The molecule has 3 atom stereocenters. The van der Waals surface area contributed by atoms with Crippen LogP contribution in [-0.4, -0.2) is 41.5 Å². The van der Waals surface area contributed by atoms with E-state index in [0.717, 1.165) is 45.3 Å². The SMILES string of the molecule is CC(O)C1CCN(CC2CCCCC2=O)C1. The van der Waals surface area contributed by atoms with Crippen LogP contribution in [-0.2, 0) is 4.79 Å². The van der Waals surface area contributed by atoms with E-state index in [2.05, 4.69) is 4.90 Å². The molecule has 3 heteroatoms. The van der Waals surface area contributed by atoms with Crippen molar-refractivity contribution in [1.82, 2.24) is 4.90 Å². The second-order valence-electron chi connectivity index (χ2n) is 5.46. The minimum absolute atomic E-state index is 0.202. The third-order valence-electron chi connectivity index (χ3n) is 4.15. The molecule has 3 nitrogen and oxygen atoms in total. The van der Waals surface area contributed by atoms with E-state index in [1.165, 1.54) is 6.42 Å². The van der Waals surface area contributed by atoms with Crippen molar-refractivity contribution in [2.24, 2.45) is 11.8 Å². The Kier molecular flexibility index (Phi) is 3.98. The molecule has 0 aromatic rings. The topological polar surface area (TPSA) is 40.5 Å². The minimum atomic E-state index is -0.202. The summed E-state index contributed by atoms with van der Waals surface area (Å²) in [4.78, 5) is 14.1. The van der Waals surface area contributed by atoms with Crippen molar-refractivity contribution in [3.8, 4) is 0 Å². The van der Waals surface area contributed by atoms with Crippen LogP contribution in [0.15, 0.2) is 0 Å². The van der Waals surface area contributed by atoms with Gasteiger partial charge in [-0.2, -0.15) is 0 Å². The van der Waals surface area contributed by atoms with Crippen molar-refractivity contribution >= 4 is 5.78 Å². The van der Waals surface area contributed by atoms with Crippen molar-refractivity contribution in [2.75, 3.05) is 19.6 Å². The second kappa shape index (κ2) is 5.28. The minimum Gasteiger partial charge on any atom is -0.393 e. The molecule has 1 aliphatic carbocycles. The van der Waals surface area contributed by atoms with Gasteiger partial charge in [0.2, 0.25) is 0 Å². The second-order valence-corrected chi connectivity index (χ2v) is 5.46. The van der Waals surface area contributed by atoms with Crippen LogP contribution >= 0.6 is 0 Å². The Hall–Kier alpha value is -0.410. The summed E-state index contributed by atoms with van der Waals surface area (Å²) >= 11 is 0. The molecular formula is C13H23NO2. The first-order valence-corrected chi connectivity index (χ1v) is 6.60. The average molecular weight is 225 g/mol. The van der Waals surface area contributed by atoms with Crippen LogP contribution in [0.4, 0.5) is 0 Å². The summed E-state index contributed by atoms with van der Waals surface area (Å²) in [6.45, 7) is 4.84. The smallest absolute Gasteiger partial charge is 0.137 e. The molecule has 1 heterocycles. The lowest BCUT2D eigenvalue weighted by Crippen LogP contribution is -2.34. The van der Waals surface area contributed by atoms with Gasteiger partial charge in [-0.3, -0.25) is 4.79 Å². The Morgan fingerprint density at radius 1 is 1.44 bits per heavy atom. The monoisotopic (exact) mass is 225 g/mol. The van der Waals surface area contributed by atoms with Crippen molar-refractivity contribution in [3.63, 3.8) is 0 Å². The maximum Gasteiger partial charge on any atom is 0.137 e. The molecule has 1 aliphatic heterocycles. The third kappa shape index (κ3) is 2.83. The summed E-state index contributed by atoms with van der Waals surface area (Å²) in [6, 6.07) is 0. The number of rotatable bonds is 3. The van der Waals surface area contributed by atoms with Crippen LogP contribution in [0.5, 0.6) is 0 Å². The van der Waals surface area contributed by atoms with E-state index in [-0.39, 0.29) is 12.0 Å². The van der Waals surface area contributed by atoms with Gasteiger partial charge in [0, 0.05) is 25.4 Å². The predicted molar refractivity (Wildman–Crippen MR) is 63.2 cm³/mol. The number of aliphatic hydroxyl groups is 1. The lowest BCUT2D eigenvalue weighted by molar-refractivity contribution is -0.125. The molecule has 2 aliphatic rings. The average Bonchev–Trinajstić information content (AvgIpc) is 2.70. The number of likely N-dealkylation sites (tertiary alicyclic amines) is 1. The zero-order chi connectivity index (χ0) is 11.5. The largest absolute Gasteiger partial charge is 0.393 e. The van der Waals surface area contributed by atoms with Gasteiger partial charge in [-0.15, -0.1) is 0 Å². The first kappa shape index (κ1) is 12.1. The fourth-order valence-corrected chi connectivity index (χ4v) is 2.98. The highest BCUT2D eigenvalue weighted by Gasteiger charge is 2.30. The Bertz CT molecular complexity index is 252. The van der Waals surface area contributed by atoms with Gasteiger partial charge in [-0.05, 0) is 38.6 Å². The molecule has 1 saturated carbocycles. The van der Waals surface area contributed by atoms with Crippen molar-refractivity contribution in [2.45, 2.75) is 45.1 Å². The van der Waals surface area contributed by atoms with Crippen molar-refractivity contribution < 1.29 is 9.90 Å². The van der Waals surface area contributed by atoms with E-state index in [9.17, 15) is 9.90 Å². The number of hydrogen-bond donors (Lipinski definition) is 1. The van der Waals surface area contributed by atoms with Gasteiger partial charge in [-0.25, -0.2) is 0 Å². The van der Waals surface area contributed by atoms with Crippen molar-refractivity contribution in [3.05, 3.63) is 0 Å². The Morgan fingerprint density at radius 2 is 2.25 bits per heavy atom. The maximum atomic E-state index is 11.7. The van der Waals surface area contributed by atoms with Crippen LogP contribution in [0.2, 0.25) is 0 Å². The summed E-state index contributed by atoms with van der Waals surface area (Å²) < 4.78 is 0. The normalized spacial score (nSPS) is 34.2. The first-order valence-electron chi connectivity index (χ1n) is 6.60. The van der Waals surface area contributed by atoms with E-state index in [0.29, 0.717) is 11.7 Å². The van der Waals surface area contributed by atoms with E-state index in [1.54, 1.807) is 0 Å². The fraction of sp³-hybridized carbons (Fsp3) is 0.923. The molecule has 0 amide bonds. The molecule has 0 spiro atoms. The highest BCUT2D eigenvalue weighted by Crippen LogP contribution is 2.25. The molecule has 2 rings (SSSR count). The molecule has 92 valence electrons. The van der Waals surface area contributed by atoms with Crippen molar-refractivity contribution in [1.29, 1.82) is 0 Å². The predicted octanol–water partition coefficient (Wildman–Crippen LogP) is 1.45. The summed E-state index contributed by atoms with van der Waals surface area (Å²) in [5.74, 6) is 1.16. The Labute approximate surface area is 97.8 Å². The van der Waals surface area contributed by atoms with Crippen LogP contribution in [0.1, 0.15) is 39.0 Å². The molecule has 1 N–H and O–H groups in total. The number of ketones is 1. The van der Waals surface area contributed by atoms with Gasteiger partial charge in [0.25, 0.3) is 0 Å². The maximum absolute atomic E-state index is 11.7. The third-order valence-corrected chi connectivity index (χ3v) is 4.15. The van der Waals surface area contributed by atoms with Crippen LogP contribution < -0.4 is 0 Å². The van der Waals surface area contributed by atoms with E-state index in [4.69, 9.17) is 0 Å². The molecule has 1 saturated heterocycles. The number of carbonyl (C=O) groups is 1. The van der Waals surface area contributed by atoms with Gasteiger partial charge in [0.15, 0.2) is 0 Å². The Balaban J connectivity index is 1.80. The molecule has 0 aromatic carbocycles. The highest BCUT2D eigenvalue weighted by atomic mass is 16.3. The van der Waals surface area contributed by atoms with Gasteiger partial charge in [0.05, 0.1) is 6.10 Å². The van der Waals surface area contributed by atoms with E-state index >= 15 is 0 Å². The summed E-state index contributed by atoms with van der Waals surface area (Å²) in [7, 11) is 0. The zero-order valence-electron chi connectivity index (χ0n) is 10.2. The molecule has 0 aromatic heterocycles. The molecular weight excluding hydrogens is 202 g/mol. The van der Waals surface area contributed by atoms with Gasteiger partial charge in [-0.1, -0.05) is 6.42 Å². The number of nitrogens with zero attached hydrogens (tertiary/aromatic N) is 1. The van der Waals surface area contributed by atoms with Crippen LogP contribution in [0.25, 0.3) is 0 Å². The highest BCUT2D eigenvalue weighted by molar-refractivity contribution is 5.81. The summed E-state index contributed by atoms with van der Waals surface area (Å²) in [6.07, 6.45) is 5.05. The zero-order valence-corrected chi connectivity index (χ0v) is 10.2. The first-order chi connectivity index (χ1) is 7.66. The summed E-state index contributed by atoms with van der Waals surface area (Å²) in [5.41, 5.74) is 0. The fourth-order valence-electron chi connectivity index (χ4n) is 2.98. The van der Waals surface area contributed by atoms with Crippen LogP contribution in [0.3, 0.4) is 0 Å². The standard InChI is InChI=1S/C13H23NO2/c1-10(15)11-6-7-14(8-11)9-12-4-2-3-5-13(12)16/h10-12,15H,2-9H2,1H3. The van der Waals surface area contributed by atoms with Gasteiger partial charge >= 0.3 is 0 Å². The van der Waals surface area contributed by atoms with Crippen LogP contribution in [0, 0.1) is 11.8 Å². The molecule has 0 radical (unpaired) electrons. The van der Waals surface area contributed by atoms with Gasteiger partial charge in [0.1, 0.15) is 5.78 Å². The molecule has 2 fully saturated rings. The quantitative estimate of drug-likeness (QED) is 0.790. The number of aliphatic hydroxyl groups excluding tert-OH is 1. The number of Topliss-reactive ketones (excluding diaryl/α,β-unsaturated/α-hetero) is 1. The number of hydrogen-bond acceptors (Lipinski definition) is 3. The summed E-state index contributed by atoms with van der Waals surface area (Å²) in [5, 5.41) is 9.53. The number of carbonyl (C=O) groups excluding carboxylic acids is 1. The van der Waals surface area contributed by atoms with Gasteiger partial charge < -0.3 is 10.0 Å². The van der Waals surface area contributed by atoms with E-state index in [1.807, 2.05) is 6.92 Å². The lowest BCUT2D eigenvalue weighted by atomic mass is 9.87. The lowest BCUT2D eigenvalue weighted by Gasteiger charge is -2.26. The Morgan fingerprint density at radius 3 is 2.88 bits per heavy atom. The molecule has 16 heavy (non-hydrogen) atoms. The molecule has 0 bridgehead atoms. The van der Waals surface area contributed by atoms with E-state index < -0.39 is 0 Å².